The van der Waals surface area contributed by atoms with Gasteiger partial charge in [0.1, 0.15) is 0 Å². The zero-order valence-electron chi connectivity index (χ0n) is 6.17. The van der Waals surface area contributed by atoms with Gasteiger partial charge in [-0.25, -0.2) is 0 Å². The van der Waals surface area contributed by atoms with Crippen LogP contribution in [0.5, 0.6) is 5.75 Å². The molecule has 0 atom stereocenters. The number of aromatic nitrogens is 1. The molecular weight excluding hydrogens is 208 g/mol. The summed E-state index contributed by atoms with van der Waals surface area (Å²) in [5.74, 6) is 0.718. The van der Waals surface area contributed by atoms with Crippen LogP contribution in [0, 0.1) is 0 Å². The molecular formula is C7H9BrN2O. The SMILES string of the molecule is COc1c(Br)ccnc1CN. The molecule has 0 aliphatic heterocycles. The van der Waals surface area contributed by atoms with Crippen molar-refractivity contribution in [1.29, 1.82) is 0 Å². The molecule has 3 nitrogen and oxygen atoms in total. The smallest absolute Gasteiger partial charge is 0.155 e. The van der Waals surface area contributed by atoms with Gasteiger partial charge in [0.25, 0.3) is 0 Å². The molecule has 0 spiro atoms. The first-order chi connectivity index (χ1) is 5.29. The minimum absolute atomic E-state index is 0.391. The van der Waals surface area contributed by atoms with Crippen molar-refractivity contribution in [3.63, 3.8) is 0 Å². The van der Waals surface area contributed by atoms with Gasteiger partial charge in [-0.15, -0.1) is 0 Å². The van der Waals surface area contributed by atoms with Crippen molar-refractivity contribution < 1.29 is 4.74 Å². The molecule has 4 heteroatoms. The summed E-state index contributed by atoms with van der Waals surface area (Å²) in [6.45, 7) is 0.391. The normalized spacial score (nSPS) is 9.73. The highest BCUT2D eigenvalue weighted by Gasteiger charge is 2.05. The van der Waals surface area contributed by atoms with Crippen LogP contribution < -0.4 is 10.5 Å². The van der Waals surface area contributed by atoms with E-state index >= 15 is 0 Å². The van der Waals surface area contributed by atoms with Crippen molar-refractivity contribution in [3.8, 4) is 5.75 Å². The summed E-state index contributed by atoms with van der Waals surface area (Å²) < 4.78 is 5.96. The van der Waals surface area contributed by atoms with Crippen LogP contribution in [0.25, 0.3) is 0 Å². The van der Waals surface area contributed by atoms with Crippen molar-refractivity contribution in [1.82, 2.24) is 4.98 Å². The molecule has 0 aliphatic rings. The Bertz CT molecular complexity index is 252. The van der Waals surface area contributed by atoms with Gasteiger partial charge in [-0.3, -0.25) is 4.98 Å². The molecule has 1 aromatic rings. The first-order valence-electron chi connectivity index (χ1n) is 3.17. The first-order valence-corrected chi connectivity index (χ1v) is 3.96. The lowest BCUT2D eigenvalue weighted by molar-refractivity contribution is 0.404. The Hall–Kier alpha value is -0.610. The molecule has 1 aromatic heterocycles. The van der Waals surface area contributed by atoms with Crippen LogP contribution in [-0.4, -0.2) is 12.1 Å². The molecule has 1 heterocycles. The van der Waals surface area contributed by atoms with E-state index in [1.54, 1.807) is 13.3 Å². The van der Waals surface area contributed by atoms with Gasteiger partial charge in [0.05, 0.1) is 17.3 Å². The second kappa shape index (κ2) is 3.69. The van der Waals surface area contributed by atoms with E-state index in [2.05, 4.69) is 20.9 Å². The third kappa shape index (κ3) is 1.70. The van der Waals surface area contributed by atoms with Crippen molar-refractivity contribution in [2.75, 3.05) is 7.11 Å². The number of rotatable bonds is 2. The average molecular weight is 217 g/mol. The molecule has 0 fully saturated rings. The van der Waals surface area contributed by atoms with Crippen LogP contribution in [0.2, 0.25) is 0 Å². The Morgan fingerprint density at radius 2 is 2.45 bits per heavy atom. The van der Waals surface area contributed by atoms with Crippen LogP contribution in [0.4, 0.5) is 0 Å². The Morgan fingerprint density at radius 1 is 1.73 bits per heavy atom. The molecule has 0 saturated carbocycles. The van der Waals surface area contributed by atoms with E-state index in [-0.39, 0.29) is 0 Å². The zero-order valence-corrected chi connectivity index (χ0v) is 7.76. The molecule has 60 valence electrons. The van der Waals surface area contributed by atoms with Gasteiger partial charge in [-0.05, 0) is 22.0 Å². The minimum atomic E-state index is 0.391. The molecule has 1 rings (SSSR count). The van der Waals surface area contributed by atoms with Gasteiger partial charge in [-0.1, -0.05) is 0 Å². The standard InChI is InChI=1S/C7H9BrN2O/c1-11-7-5(8)2-3-10-6(7)4-9/h2-3H,4,9H2,1H3. The topological polar surface area (TPSA) is 48.1 Å². The number of pyridine rings is 1. The highest BCUT2D eigenvalue weighted by Crippen LogP contribution is 2.26. The maximum atomic E-state index is 5.43. The van der Waals surface area contributed by atoms with Crippen LogP contribution in [0.1, 0.15) is 5.69 Å². The molecule has 0 aliphatic carbocycles. The molecule has 0 radical (unpaired) electrons. The highest BCUT2D eigenvalue weighted by molar-refractivity contribution is 9.10. The summed E-state index contributed by atoms with van der Waals surface area (Å²) in [6.07, 6.45) is 1.69. The summed E-state index contributed by atoms with van der Waals surface area (Å²) in [5, 5.41) is 0. The second-order valence-electron chi connectivity index (χ2n) is 1.98. The van der Waals surface area contributed by atoms with E-state index in [1.807, 2.05) is 6.07 Å². The number of hydrogen-bond acceptors (Lipinski definition) is 3. The quantitative estimate of drug-likeness (QED) is 0.812. The van der Waals surface area contributed by atoms with Gasteiger partial charge < -0.3 is 10.5 Å². The number of ether oxygens (including phenoxy) is 1. The monoisotopic (exact) mass is 216 g/mol. The fourth-order valence-corrected chi connectivity index (χ4v) is 1.33. The number of nitrogens with two attached hydrogens (primary N) is 1. The summed E-state index contributed by atoms with van der Waals surface area (Å²) in [7, 11) is 1.60. The minimum Gasteiger partial charge on any atom is -0.494 e. The number of halogens is 1. The summed E-state index contributed by atoms with van der Waals surface area (Å²) >= 11 is 3.33. The molecule has 11 heavy (non-hydrogen) atoms. The lowest BCUT2D eigenvalue weighted by Gasteiger charge is -2.06. The van der Waals surface area contributed by atoms with Crippen LogP contribution in [0.3, 0.4) is 0 Å². The van der Waals surface area contributed by atoms with Gasteiger partial charge in [0.2, 0.25) is 0 Å². The van der Waals surface area contributed by atoms with Gasteiger partial charge in [0.15, 0.2) is 5.75 Å². The van der Waals surface area contributed by atoms with Gasteiger partial charge >= 0.3 is 0 Å². The predicted octanol–water partition coefficient (Wildman–Crippen LogP) is 1.31. The van der Waals surface area contributed by atoms with Gasteiger partial charge in [0, 0.05) is 12.7 Å². The lowest BCUT2D eigenvalue weighted by atomic mass is 10.3. The molecule has 0 aromatic carbocycles. The summed E-state index contributed by atoms with van der Waals surface area (Å²) in [5.41, 5.74) is 6.20. The molecule has 0 amide bonds. The van der Waals surface area contributed by atoms with E-state index in [1.165, 1.54) is 0 Å². The van der Waals surface area contributed by atoms with Crippen molar-refractivity contribution in [2.24, 2.45) is 5.73 Å². The predicted molar refractivity (Wildman–Crippen MR) is 46.4 cm³/mol. The lowest BCUT2D eigenvalue weighted by Crippen LogP contribution is -2.02. The van der Waals surface area contributed by atoms with E-state index < -0.39 is 0 Å². The third-order valence-corrected chi connectivity index (χ3v) is 1.95. The Balaban J connectivity index is 3.13. The molecule has 0 saturated heterocycles. The third-order valence-electron chi connectivity index (χ3n) is 1.33. The van der Waals surface area contributed by atoms with Crippen LogP contribution in [0.15, 0.2) is 16.7 Å². The van der Waals surface area contributed by atoms with Crippen molar-refractivity contribution in [2.45, 2.75) is 6.54 Å². The molecule has 2 N–H and O–H groups in total. The van der Waals surface area contributed by atoms with Crippen LogP contribution in [-0.2, 0) is 6.54 Å². The van der Waals surface area contributed by atoms with E-state index in [4.69, 9.17) is 10.5 Å². The Morgan fingerprint density at radius 3 is 2.91 bits per heavy atom. The largest absolute Gasteiger partial charge is 0.494 e. The number of methoxy groups -OCH3 is 1. The van der Waals surface area contributed by atoms with Crippen LogP contribution >= 0.6 is 15.9 Å². The zero-order chi connectivity index (χ0) is 8.27. The van der Waals surface area contributed by atoms with E-state index in [0.29, 0.717) is 6.54 Å². The summed E-state index contributed by atoms with van der Waals surface area (Å²) in [6, 6.07) is 1.82. The second-order valence-corrected chi connectivity index (χ2v) is 2.83. The Kier molecular flexibility index (Phi) is 2.84. The summed E-state index contributed by atoms with van der Waals surface area (Å²) in [4.78, 5) is 4.05. The van der Waals surface area contributed by atoms with Crippen molar-refractivity contribution in [3.05, 3.63) is 22.4 Å². The highest BCUT2D eigenvalue weighted by atomic mass is 79.9. The molecule has 0 unspecified atom stereocenters. The van der Waals surface area contributed by atoms with Gasteiger partial charge in [-0.2, -0.15) is 0 Å². The Labute approximate surface area is 73.7 Å². The number of nitrogens with zero attached hydrogens (tertiary/aromatic N) is 1. The maximum Gasteiger partial charge on any atom is 0.155 e. The van der Waals surface area contributed by atoms with Crippen molar-refractivity contribution >= 4 is 15.9 Å². The maximum absolute atomic E-state index is 5.43. The molecule has 0 bridgehead atoms. The fourth-order valence-electron chi connectivity index (χ4n) is 0.826. The van der Waals surface area contributed by atoms with E-state index in [9.17, 15) is 0 Å². The number of hydrogen-bond donors (Lipinski definition) is 1. The average Bonchev–Trinajstić information content (AvgIpc) is 2.04. The first kappa shape index (κ1) is 8.49. The fraction of sp³-hybridized carbons (Fsp3) is 0.286. The van der Waals surface area contributed by atoms with E-state index in [0.717, 1.165) is 15.9 Å².